The Balaban J connectivity index is 2.22. The predicted octanol–water partition coefficient (Wildman–Crippen LogP) is 2.40. The molecule has 0 fully saturated rings. The van der Waals surface area contributed by atoms with Crippen LogP contribution >= 0.6 is 0 Å². The number of carboxylic acids is 1. The Kier molecular flexibility index (Phi) is 3.94. The van der Waals surface area contributed by atoms with Gasteiger partial charge in [0.1, 0.15) is 0 Å². The minimum atomic E-state index is -3.46. The molecule has 1 aromatic carbocycles. The molecular weight excluding hydrogens is 280 g/mol. The number of benzene rings is 1. The molecule has 0 bridgehead atoms. The van der Waals surface area contributed by atoms with E-state index in [2.05, 4.69) is 0 Å². The van der Waals surface area contributed by atoms with Crippen LogP contribution in [0.4, 0.5) is 0 Å². The molecule has 0 aliphatic rings. The molecule has 0 radical (unpaired) electrons. The molecule has 1 heterocycles. The van der Waals surface area contributed by atoms with Crippen molar-refractivity contribution in [2.45, 2.75) is 18.4 Å². The molecule has 0 aliphatic carbocycles. The second-order valence-corrected chi connectivity index (χ2v) is 6.60. The molecule has 0 saturated heterocycles. The Bertz CT molecular complexity index is 728. The maximum atomic E-state index is 12.2. The lowest BCUT2D eigenvalue weighted by Gasteiger charge is -2.06. The average molecular weight is 294 g/mol. The molecular formula is C14H14O5S. The van der Waals surface area contributed by atoms with Gasteiger partial charge in [-0.2, -0.15) is 0 Å². The maximum absolute atomic E-state index is 12.2. The number of carboxylic acid groups (broad SMARTS) is 1. The second kappa shape index (κ2) is 5.50. The Morgan fingerprint density at radius 1 is 1.15 bits per heavy atom. The van der Waals surface area contributed by atoms with E-state index < -0.39 is 15.8 Å². The maximum Gasteiger partial charge on any atom is 0.372 e. The van der Waals surface area contributed by atoms with Crippen molar-refractivity contribution in [1.29, 1.82) is 0 Å². The van der Waals surface area contributed by atoms with E-state index in [1.54, 1.807) is 12.1 Å². The summed E-state index contributed by atoms with van der Waals surface area (Å²) < 4.78 is 29.1. The van der Waals surface area contributed by atoms with Crippen LogP contribution in [0.3, 0.4) is 0 Å². The molecule has 0 saturated carbocycles. The van der Waals surface area contributed by atoms with Crippen LogP contribution in [0, 0.1) is 6.92 Å². The van der Waals surface area contributed by atoms with Crippen molar-refractivity contribution in [3.05, 3.63) is 59.0 Å². The summed E-state index contributed by atoms with van der Waals surface area (Å²) in [5, 5.41) is 8.90. The van der Waals surface area contributed by atoms with Crippen LogP contribution in [0.2, 0.25) is 0 Å². The number of rotatable bonds is 5. The summed E-state index contributed by atoms with van der Waals surface area (Å²) in [4.78, 5) is 10.9. The monoisotopic (exact) mass is 294 g/mol. The number of carbonyl (C=O) groups is 1. The van der Waals surface area contributed by atoms with Crippen LogP contribution in [0.15, 0.2) is 41.0 Å². The highest BCUT2D eigenvalue weighted by Gasteiger charge is 2.21. The summed E-state index contributed by atoms with van der Waals surface area (Å²) in [6, 6.07) is 8.58. The lowest BCUT2D eigenvalue weighted by Crippen LogP contribution is -2.10. The number of aryl methyl sites for hydroxylation is 1. The molecule has 2 aromatic rings. The summed E-state index contributed by atoms with van der Waals surface area (Å²) in [5.74, 6) is -2.06. The summed E-state index contributed by atoms with van der Waals surface area (Å²) in [6.45, 7) is 1.84. The fraction of sp³-hybridized carbons (Fsp3) is 0.214. The van der Waals surface area contributed by atoms with E-state index in [0.29, 0.717) is 5.56 Å². The third kappa shape index (κ3) is 3.27. The van der Waals surface area contributed by atoms with E-state index in [0.717, 1.165) is 5.56 Å². The van der Waals surface area contributed by atoms with Gasteiger partial charge in [-0.05, 0) is 24.1 Å². The molecule has 106 valence electrons. The van der Waals surface area contributed by atoms with Gasteiger partial charge in [0.15, 0.2) is 9.84 Å². The first-order chi connectivity index (χ1) is 9.39. The van der Waals surface area contributed by atoms with Crippen molar-refractivity contribution in [3.8, 4) is 0 Å². The Labute approximate surface area is 116 Å². The third-order valence-corrected chi connectivity index (χ3v) is 4.45. The summed E-state index contributed by atoms with van der Waals surface area (Å²) in [6.07, 6.45) is 1.18. The summed E-state index contributed by atoms with van der Waals surface area (Å²) >= 11 is 0. The van der Waals surface area contributed by atoms with Gasteiger partial charge in [0, 0.05) is 5.56 Å². The SMILES string of the molecule is Cc1ccccc1CS(=O)(=O)Cc1ccoc1C(=O)O. The minimum Gasteiger partial charge on any atom is -0.475 e. The fourth-order valence-corrected chi connectivity index (χ4v) is 3.53. The lowest BCUT2D eigenvalue weighted by molar-refractivity contribution is 0.0661. The highest BCUT2D eigenvalue weighted by Crippen LogP contribution is 2.18. The molecule has 0 spiro atoms. The molecule has 2 rings (SSSR count). The van der Waals surface area contributed by atoms with Crippen LogP contribution < -0.4 is 0 Å². The highest BCUT2D eigenvalue weighted by molar-refractivity contribution is 7.89. The number of furan rings is 1. The first-order valence-electron chi connectivity index (χ1n) is 5.93. The van der Waals surface area contributed by atoms with Gasteiger partial charge in [0.05, 0.1) is 17.8 Å². The molecule has 20 heavy (non-hydrogen) atoms. The van der Waals surface area contributed by atoms with Crippen LogP contribution in [0.25, 0.3) is 0 Å². The zero-order chi connectivity index (χ0) is 14.8. The standard InChI is InChI=1S/C14H14O5S/c1-10-4-2-3-5-11(10)8-20(17,18)9-12-6-7-19-13(12)14(15)16/h2-7H,8-9H2,1H3,(H,15,16). The molecule has 0 aliphatic heterocycles. The van der Waals surface area contributed by atoms with Crippen LogP contribution in [-0.2, 0) is 21.3 Å². The van der Waals surface area contributed by atoms with Gasteiger partial charge in [0.25, 0.3) is 0 Å². The first kappa shape index (κ1) is 14.3. The van der Waals surface area contributed by atoms with Gasteiger partial charge >= 0.3 is 5.97 Å². The van der Waals surface area contributed by atoms with E-state index in [1.807, 2.05) is 19.1 Å². The Morgan fingerprint density at radius 2 is 1.80 bits per heavy atom. The van der Waals surface area contributed by atoms with Crippen LogP contribution in [0.1, 0.15) is 27.2 Å². The normalized spacial score (nSPS) is 11.4. The molecule has 5 nitrogen and oxygen atoms in total. The lowest BCUT2D eigenvalue weighted by atomic mass is 10.1. The topological polar surface area (TPSA) is 84.6 Å². The van der Waals surface area contributed by atoms with Gasteiger partial charge in [-0.1, -0.05) is 24.3 Å². The predicted molar refractivity (Wildman–Crippen MR) is 73.2 cm³/mol. The first-order valence-corrected chi connectivity index (χ1v) is 7.76. The Hall–Kier alpha value is -2.08. The molecule has 0 amide bonds. The number of hydrogen-bond acceptors (Lipinski definition) is 4. The summed E-state index contributed by atoms with van der Waals surface area (Å²) in [5.41, 5.74) is 1.78. The van der Waals surface area contributed by atoms with Gasteiger partial charge in [0.2, 0.25) is 5.76 Å². The van der Waals surface area contributed by atoms with Gasteiger partial charge in [-0.25, -0.2) is 13.2 Å². The van der Waals surface area contributed by atoms with Gasteiger partial charge < -0.3 is 9.52 Å². The smallest absolute Gasteiger partial charge is 0.372 e. The molecule has 1 aromatic heterocycles. The van der Waals surface area contributed by atoms with E-state index in [9.17, 15) is 13.2 Å². The fourth-order valence-electron chi connectivity index (χ4n) is 1.93. The van der Waals surface area contributed by atoms with Gasteiger partial charge in [-0.3, -0.25) is 0 Å². The van der Waals surface area contributed by atoms with Crippen LogP contribution in [-0.4, -0.2) is 19.5 Å². The van der Waals surface area contributed by atoms with E-state index >= 15 is 0 Å². The summed E-state index contributed by atoms with van der Waals surface area (Å²) in [7, 11) is -3.46. The van der Waals surface area contributed by atoms with Crippen molar-refractivity contribution < 1.29 is 22.7 Å². The van der Waals surface area contributed by atoms with Crippen molar-refractivity contribution >= 4 is 15.8 Å². The Morgan fingerprint density at radius 3 is 2.45 bits per heavy atom. The minimum absolute atomic E-state index is 0.121. The van der Waals surface area contributed by atoms with Crippen molar-refractivity contribution in [2.75, 3.05) is 0 Å². The van der Waals surface area contributed by atoms with E-state index in [1.165, 1.54) is 12.3 Å². The highest BCUT2D eigenvalue weighted by atomic mass is 32.2. The van der Waals surface area contributed by atoms with Crippen molar-refractivity contribution in [2.24, 2.45) is 0 Å². The third-order valence-electron chi connectivity index (χ3n) is 2.95. The van der Waals surface area contributed by atoms with E-state index in [-0.39, 0.29) is 22.8 Å². The molecule has 1 N–H and O–H groups in total. The quantitative estimate of drug-likeness (QED) is 0.915. The molecule has 6 heteroatoms. The van der Waals surface area contributed by atoms with E-state index in [4.69, 9.17) is 9.52 Å². The molecule has 0 atom stereocenters. The average Bonchev–Trinajstić information content (AvgIpc) is 2.79. The number of sulfone groups is 1. The number of aromatic carboxylic acids is 1. The van der Waals surface area contributed by atoms with Gasteiger partial charge in [-0.15, -0.1) is 0 Å². The van der Waals surface area contributed by atoms with Crippen molar-refractivity contribution in [3.63, 3.8) is 0 Å². The second-order valence-electron chi connectivity index (χ2n) is 4.54. The largest absolute Gasteiger partial charge is 0.475 e. The van der Waals surface area contributed by atoms with Crippen LogP contribution in [0.5, 0.6) is 0 Å². The van der Waals surface area contributed by atoms with Crippen molar-refractivity contribution in [1.82, 2.24) is 0 Å². The number of hydrogen-bond donors (Lipinski definition) is 1. The zero-order valence-electron chi connectivity index (χ0n) is 10.9. The molecule has 0 unspecified atom stereocenters. The zero-order valence-corrected chi connectivity index (χ0v) is 11.7.